The molecule has 0 fully saturated rings. The van der Waals surface area contributed by atoms with Crippen LogP contribution < -0.4 is 10.6 Å². The van der Waals surface area contributed by atoms with Crippen molar-refractivity contribution in [2.75, 3.05) is 5.32 Å². The highest BCUT2D eigenvalue weighted by atomic mass is 16.4. The van der Waals surface area contributed by atoms with Gasteiger partial charge in [0.25, 0.3) is 11.8 Å². The third kappa shape index (κ3) is 4.90. The molecule has 150 valence electrons. The lowest BCUT2D eigenvalue weighted by Gasteiger charge is -2.13. The first kappa shape index (κ1) is 20.3. The molecule has 3 aromatic carbocycles. The number of para-hydroxylation sites is 2. The molecule has 30 heavy (non-hydrogen) atoms. The topological polar surface area (TPSA) is 116 Å². The monoisotopic (exact) mass is 402 g/mol. The van der Waals surface area contributed by atoms with Gasteiger partial charge in [0.15, 0.2) is 0 Å². The average Bonchev–Trinajstić information content (AvgIpc) is 2.75. The van der Waals surface area contributed by atoms with Crippen molar-refractivity contribution in [3.8, 4) is 5.75 Å². The Balaban J connectivity index is 1.95. The first-order chi connectivity index (χ1) is 14.5. The zero-order valence-corrected chi connectivity index (χ0v) is 15.7. The summed E-state index contributed by atoms with van der Waals surface area (Å²) < 4.78 is 0. The van der Waals surface area contributed by atoms with E-state index in [1.807, 2.05) is 0 Å². The van der Waals surface area contributed by atoms with Crippen LogP contribution in [-0.2, 0) is 4.79 Å². The second-order valence-electron chi connectivity index (χ2n) is 6.24. The van der Waals surface area contributed by atoms with Crippen LogP contribution >= 0.6 is 0 Å². The zero-order chi connectivity index (χ0) is 21.5. The van der Waals surface area contributed by atoms with Crippen molar-refractivity contribution in [1.82, 2.24) is 5.32 Å². The van der Waals surface area contributed by atoms with Gasteiger partial charge >= 0.3 is 5.97 Å². The number of aromatic hydroxyl groups is 1. The summed E-state index contributed by atoms with van der Waals surface area (Å²) >= 11 is 0. The van der Waals surface area contributed by atoms with Crippen LogP contribution in [0.4, 0.5) is 5.69 Å². The Labute approximate surface area is 172 Å². The van der Waals surface area contributed by atoms with Crippen LogP contribution in [0.2, 0.25) is 0 Å². The van der Waals surface area contributed by atoms with E-state index in [2.05, 4.69) is 10.6 Å². The molecule has 0 heterocycles. The summed E-state index contributed by atoms with van der Waals surface area (Å²) in [7, 11) is 0. The first-order valence-corrected chi connectivity index (χ1v) is 8.95. The van der Waals surface area contributed by atoms with E-state index >= 15 is 0 Å². The fourth-order valence-corrected chi connectivity index (χ4v) is 2.68. The summed E-state index contributed by atoms with van der Waals surface area (Å²) in [4.78, 5) is 36.9. The Morgan fingerprint density at radius 3 is 2.13 bits per heavy atom. The third-order valence-corrected chi connectivity index (χ3v) is 4.17. The van der Waals surface area contributed by atoms with Gasteiger partial charge in [-0.15, -0.1) is 0 Å². The van der Waals surface area contributed by atoms with Crippen molar-refractivity contribution in [3.05, 3.63) is 101 Å². The number of phenols is 1. The number of rotatable bonds is 6. The maximum absolute atomic E-state index is 12.9. The molecule has 0 spiro atoms. The lowest BCUT2D eigenvalue weighted by molar-refractivity contribution is -0.113. The molecule has 0 radical (unpaired) electrons. The van der Waals surface area contributed by atoms with Crippen LogP contribution in [0.5, 0.6) is 5.75 Å². The van der Waals surface area contributed by atoms with Crippen LogP contribution in [0.15, 0.2) is 84.6 Å². The average molecular weight is 402 g/mol. The molecule has 7 nitrogen and oxygen atoms in total. The second kappa shape index (κ2) is 9.20. The molecule has 0 bridgehead atoms. The van der Waals surface area contributed by atoms with Crippen LogP contribution in [0.1, 0.15) is 26.3 Å². The largest absolute Gasteiger partial charge is 0.507 e. The van der Waals surface area contributed by atoms with Gasteiger partial charge < -0.3 is 20.8 Å². The zero-order valence-electron chi connectivity index (χ0n) is 15.7. The minimum absolute atomic E-state index is 0.0761. The van der Waals surface area contributed by atoms with Crippen LogP contribution in [-0.4, -0.2) is 28.0 Å². The van der Waals surface area contributed by atoms with Crippen molar-refractivity contribution in [3.63, 3.8) is 0 Å². The molecular weight excluding hydrogens is 384 g/mol. The van der Waals surface area contributed by atoms with E-state index in [1.54, 1.807) is 54.6 Å². The fourth-order valence-electron chi connectivity index (χ4n) is 2.68. The van der Waals surface area contributed by atoms with Crippen molar-refractivity contribution in [2.45, 2.75) is 0 Å². The van der Waals surface area contributed by atoms with Crippen molar-refractivity contribution >= 4 is 29.5 Å². The number of aromatic carboxylic acids is 1. The Kier molecular flexibility index (Phi) is 6.24. The summed E-state index contributed by atoms with van der Waals surface area (Å²) in [6.45, 7) is 0. The Bertz CT molecular complexity index is 1120. The molecular formula is C23H18N2O5. The fraction of sp³-hybridized carbons (Fsp3) is 0. The predicted octanol–water partition coefficient (Wildman–Crippen LogP) is 3.50. The van der Waals surface area contributed by atoms with Gasteiger partial charge in [0, 0.05) is 11.1 Å². The van der Waals surface area contributed by atoms with Gasteiger partial charge in [-0.3, -0.25) is 9.59 Å². The van der Waals surface area contributed by atoms with E-state index in [0.717, 1.165) is 0 Å². The van der Waals surface area contributed by atoms with Gasteiger partial charge in [0.2, 0.25) is 0 Å². The number of anilines is 1. The van der Waals surface area contributed by atoms with Gasteiger partial charge in [-0.05, 0) is 36.4 Å². The number of carboxylic acids is 1. The van der Waals surface area contributed by atoms with Crippen LogP contribution in [0, 0.1) is 0 Å². The van der Waals surface area contributed by atoms with Gasteiger partial charge in [-0.1, -0.05) is 48.5 Å². The minimum atomic E-state index is -1.20. The Morgan fingerprint density at radius 1 is 0.800 bits per heavy atom. The summed E-state index contributed by atoms with van der Waals surface area (Å²) in [6.07, 6.45) is 1.31. The van der Waals surface area contributed by atoms with Gasteiger partial charge in [0.1, 0.15) is 11.4 Å². The van der Waals surface area contributed by atoms with Crippen LogP contribution in [0.25, 0.3) is 6.08 Å². The molecule has 7 heteroatoms. The molecule has 2 amide bonds. The molecule has 0 aliphatic rings. The van der Waals surface area contributed by atoms with Gasteiger partial charge in [-0.25, -0.2) is 4.79 Å². The molecule has 0 atom stereocenters. The highest BCUT2D eigenvalue weighted by Gasteiger charge is 2.18. The lowest BCUT2D eigenvalue weighted by Crippen LogP contribution is -2.31. The standard InChI is InChI=1S/C23H18N2O5/c26-20-13-7-4-10-16(20)14-19(25-21(27)15-8-2-1-3-9-15)22(28)24-18-12-6-5-11-17(18)23(29)30/h1-14,26H,(H,24,28)(H,25,27)(H,29,30)/b19-14-. The number of carbonyl (C=O) groups is 3. The van der Waals surface area contributed by atoms with E-state index in [-0.39, 0.29) is 22.7 Å². The summed E-state index contributed by atoms with van der Waals surface area (Å²) in [6, 6.07) is 20.5. The minimum Gasteiger partial charge on any atom is -0.507 e. The highest BCUT2D eigenvalue weighted by Crippen LogP contribution is 2.20. The number of carboxylic acid groups (broad SMARTS) is 1. The highest BCUT2D eigenvalue weighted by molar-refractivity contribution is 6.12. The molecule has 0 saturated heterocycles. The predicted molar refractivity (Wildman–Crippen MR) is 112 cm³/mol. The van der Waals surface area contributed by atoms with Crippen molar-refractivity contribution in [2.24, 2.45) is 0 Å². The van der Waals surface area contributed by atoms with E-state index in [9.17, 15) is 24.6 Å². The van der Waals surface area contributed by atoms with E-state index in [1.165, 1.54) is 30.3 Å². The van der Waals surface area contributed by atoms with Crippen LogP contribution in [0.3, 0.4) is 0 Å². The van der Waals surface area contributed by atoms with Gasteiger partial charge in [-0.2, -0.15) is 0 Å². The van der Waals surface area contributed by atoms with E-state index in [0.29, 0.717) is 11.1 Å². The number of amides is 2. The molecule has 0 saturated carbocycles. The second-order valence-corrected chi connectivity index (χ2v) is 6.24. The number of carbonyl (C=O) groups excluding carboxylic acids is 2. The molecule has 0 aliphatic heterocycles. The molecule has 0 unspecified atom stereocenters. The molecule has 4 N–H and O–H groups in total. The smallest absolute Gasteiger partial charge is 0.337 e. The van der Waals surface area contributed by atoms with Crippen molar-refractivity contribution < 1.29 is 24.6 Å². The maximum Gasteiger partial charge on any atom is 0.337 e. The normalized spacial score (nSPS) is 10.9. The summed E-state index contributed by atoms with van der Waals surface area (Å²) in [5.41, 5.74) is 0.460. The van der Waals surface area contributed by atoms with Gasteiger partial charge in [0.05, 0.1) is 11.3 Å². The molecule has 3 rings (SSSR count). The number of benzene rings is 3. The maximum atomic E-state index is 12.9. The summed E-state index contributed by atoms with van der Waals surface area (Å²) in [5.74, 6) is -2.55. The molecule has 0 aliphatic carbocycles. The Morgan fingerprint density at radius 2 is 1.43 bits per heavy atom. The number of phenolic OH excluding ortho intramolecular Hbond substituents is 1. The first-order valence-electron chi connectivity index (χ1n) is 8.95. The summed E-state index contributed by atoms with van der Waals surface area (Å²) in [5, 5.41) is 24.4. The number of nitrogens with one attached hydrogen (secondary N) is 2. The molecule has 3 aromatic rings. The van der Waals surface area contributed by atoms with E-state index in [4.69, 9.17) is 0 Å². The molecule has 0 aromatic heterocycles. The van der Waals surface area contributed by atoms with E-state index < -0.39 is 17.8 Å². The lowest BCUT2D eigenvalue weighted by atomic mass is 10.1. The Hall–Kier alpha value is -4.39. The van der Waals surface area contributed by atoms with Crippen molar-refractivity contribution in [1.29, 1.82) is 0 Å². The number of hydrogen-bond acceptors (Lipinski definition) is 4. The SMILES string of the molecule is O=C(Nc1ccccc1C(=O)O)/C(=C/c1ccccc1O)NC(=O)c1ccccc1. The quantitative estimate of drug-likeness (QED) is 0.471. The third-order valence-electron chi connectivity index (χ3n) is 4.17. The number of hydrogen-bond donors (Lipinski definition) is 4.